The lowest BCUT2D eigenvalue weighted by Crippen LogP contribution is -2.36. The second-order valence-electron chi connectivity index (χ2n) is 4.88. The maximum atomic E-state index is 12.1. The number of nitrogens with zero attached hydrogens (tertiary/aromatic N) is 1. The number of rotatable bonds is 4. The molecule has 8 heteroatoms. The number of anilines is 1. The summed E-state index contributed by atoms with van der Waals surface area (Å²) >= 11 is 0. The Morgan fingerprint density at radius 2 is 2.18 bits per heavy atom. The zero-order valence-electron chi connectivity index (χ0n) is 11.1. The van der Waals surface area contributed by atoms with Crippen molar-refractivity contribution in [3.63, 3.8) is 0 Å². The minimum absolute atomic E-state index is 0.0000980. The summed E-state index contributed by atoms with van der Waals surface area (Å²) in [5, 5.41) is 23.8. The molecule has 0 saturated carbocycles. The second kappa shape index (κ2) is 4.78. The van der Waals surface area contributed by atoms with Gasteiger partial charge in [0.25, 0.3) is 11.6 Å². The summed E-state index contributed by atoms with van der Waals surface area (Å²) in [5.41, 5.74) is -2.19. The molecule has 0 bridgehead atoms. The number of ketones is 1. The SMILES string of the molecule is O=C(C[C@]1(O)C(=O)Nc2ccc([N+](=O)[O-])cc21)c1ccco1. The number of furan rings is 1. The maximum absolute atomic E-state index is 12.1. The topological polar surface area (TPSA) is 123 Å². The summed E-state index contributed by atoms with van der Waals surface area (Å²) in [5.74, 6) is -1.38. The highest BCUT2D eigenvalue weighted by Crippen LogP contribution is 2.40. The molecule has 0 aliphatic carbocycles. The number of nitrogens with one attached hydrogen (secondary N) is 1. The number of fused-ring (bicyclic) bond motifs is 1. The molecule has 2 heterocycles. The van der Waals surface area contributed by atoms with Gasteiger partial charge < -0.3 is 14.8 Å². The van der Waals surface area contributed by atoms with Gasteiger partial charge in [0.1, 0.15) is 0 Å². The summed E-state index contributed by atoms with van der Waals surface area (Å²) in [7, 11) is 0. The molecule has 1 atom stereocenters. The van der Waals surface area contributed by atoms with Crippen LogP contribution >= 0.6 is 0 Å². The molecule has 1 aromatic carbocycles. The molecule has 0 radical (unpaired) electrons. The van der Waals surface area contributed by atoms with Gasteiger partial charge in [-0.2, -0.15) is 0 Å². The lowest BCUT2D eigenvalue weighted by Gasteiger charge is -2.19. The van der Waals surface area contributed by atoms with Crippen LogP contribution in [0.25, 0.3) is 0 Å². The van der Waals surface area contributed by atoms with Crippen molar-refractivity contribution in [1.82, 2.24) is 0 Å². The van der Waals surface area contributed by atoms with Crippen LogP contribution in [0.5, 0.6) is 0 Å². The fourth-order valence-electron chi connectivity index (χ4n) is 2.38. The minimum atomic E-state index is -2.16. The van der Waals surface area contributed by atoms with Gasteiger partial charge in [0.2, 0.25) is 5.78 Å². The molecule has 1 amide bonds. The monoisotopic (exact) mass is 302 g/mol. The number of hydrogen-bond donors (Lipinski definition) is 2. The van der Waals surface area contributed by atoms with Crippen molar-refractivity contribution in [3.05, 3.63) is 58.0 Å². The normalized spacial score (nSPS) is 19.6. The molecule has 0 fully saturated rings. The molecule has 1 aliphatic heterocycles. The Labute approximate surface area is 123 Å². The van der Waals surface area contributed by atoms with Crippen molar-refractivity contribution in [3.8, 4) is 0 Å². The molecule has 112 valence electrons. The van der Waals surface area contributed by atoms with Crippen LogP contribution in [0.2, 0.25) is 0 Å². The van der Waals surface area contributed by atoms with Crippen LogP contribution < -0.4 is 5.32 Å². The van der Waals surface area contributed by atoms with Gasteiger partial charge in [-0.05, 0) is 18.2 Å². The number of amides is 1. The third-order valence-electron chi connectivity index (χ3n) is 3.50. The first-order valence-electron chi connectivity index (χ1n) is 6.31. The number of benzene rings is 1. The van der Waals surface area contributed by atoms with Crippen LogP contribution in [0.3, 0.4) is 0 Å². The van der Waals surface area contributed by atoms with Gasteiger partial charge in [-0.1, -0.05) is 0 Å². The Bertz CT molecular complexity index is 783. The summed E-state index contributed by atoms with van der Waals surface area (Å²) in [6, 6.07) is 6.53. The summed E-state index contributed by atoms with van der Waals surface area (Å²) in [6.07, 6.45) is 0.727. The van der Waals surface area contributed by atoms with Gasteiger partial charge in [-0.25, -0.2) is 0 Å². The number of carbonyl (C=O) groups is 2. The van der Waals surface area contributed by atoms with E-state index in [-0.39, 0.29) is 22.7 Å². The van der Waals surface area contributed by atoms with Crippen LogP contribution in [0.4, 0.5) is 11.4 Å². The fraction of sp³-hybridized carbons (Fsp3) is 0.143. The standard InChI is InChI=1S/C14H10N2O6/c17-11(12-2-1-5-22-12)7-14(19)9-6-8(16(20)21)3-4-10(9)15-13(14)18/h1-6,19H,7H2,(H,15,18)/t14-/m1/s1. The number of Topliss-reactive ketones (excluding diaryl/α,β-unsaturated/α-hetero) is 1. The van der Waals surface area contributed by atoms with E-state index in [1.807, 2.05) is 0 Å². The van der Waals surface area contributed by atoms with Gasteiger partial charge in [-0.3, -0.25) is 19.7 Å². The van der Waals surface area contributed by atoms with Crippen LogP contribution in [-0.4, -0.2) is 21.7 Å². The van der Waals surface area contributed by atoms with Crippen LogP contribution in [0.1, 0.15) is 22.5 Å². The van der Waals surface area contributed by atoms with Crippen molar-refractivity contribution in [2.24, 2.45) is 0 Å². The Morgan fingerprint density at radius 3 is 2.82 bits per heavy atom. The second-order valence-corrected chi connectivity index (χ2v) is 4.88. The van der Waals surface area contributed by atoms with Gasteiger partial charge in [-0.15, -0.1) is 0 Å². The first-order chi connectivity index (χ1) is 10.4. The summed E-state index contributed by atoms with van der Waals surface area (Å²) in [4.78, 5) is 34.3. The number of nitro benzene ring substituents is 1. The van der Waals surface area contributed by atoms with E-state index in [4.69, 9.17) is 4.42 Å². The molecule has 8 nitrogen and oxygen atoms in total. The quantitative estimate of drug-likeness (QED) is 0.502. The van der Waals surface area contributed by atoms with E-state index in [0.29, 0.717) is 0 Å². The van der Waals surface area contributed by atoms with Crippen molar-refractivity contribution in [2.75, 3.05) is 5.32 Å². The maximum Gasteiger partial charge on any atom is 0.269 e. The lowest BCUT2D eigenvalue weighted by molar-refractivity contribution is -0.385. The average Bonchev–Trinajstić information content (AvgIpc) is 3.07. The molecular weight excluding hydrogens is 292 g/mol. The lowest BCUT2D eigenvalue weighted by atomic mass is 9.89. The molecule has 2 aromatic rings. The molecular formula is C14H10N2O6. The van der Waals surface area contributed by atoms with Crippen molar-refractivity contribution >= 4 is 23.1 Å². The first-order valence-corrected chi connectivity index (χ1v) is 6.31. The Morgan fingerprint density at radius 1 is 1.41 bits per heavy atom. The third-order valence-corrected chi connectivity index (χ3v) is 3.50. The van der Waals surface area contributed by atoms with Crippen molar-refractivity contribution in [2.45, 2.75) is 12.0 Å². The van der Waals surface area contributed by atoms with E-state index < -0.39 is 28.6 Å². The molecule has 0 saturated heterocycles. The number of hydrogen-bond acceptors (Lipinski definition) is 6. The van der Waals surface area contributed by atoms with E-state index in [1.165, 1.54) is 30.5 Å². The highest BCUT2D eigenvalue weighted by atomic mass is 16.6. The highest BCUT2D eigenvalue weighted by molar-refractivity contribution is 6.09. The minimum Gasteiger partial charge on any atom is -0.461 e. The van der Waals surface area contributed by atoms with Crippen LogP contribution in [0.15, 0.2) is 41.0 Å². The largest absolute Gasteiger partial charge is 0.461 e. The van der Waals surface area contributed by atoms with E-state index in [1.54, 1.807) is 0 Å². The molecule has 2 N–H and O–H groups in total. The number of nitro groups is 1. The van der Waals surface area contributed by atoms with E-state index in [0.717, 1.165) is 6.07 Å². The zero-order valence-corrected chi connectivity index (χ0v) is 11.1. The molecule has 1 aliphatic rings. The summed E-state index contributed by atoms with van der Waals surface area (Å²) < 4.78 is 4.94. The Balaban J connectivity index is 2.00. The smallest absolute Gasteiger partial charge is 0.269 e. The van der Waals surface area contributed by atoms with Crippen LogP contribution in [0, 0.1) is 10.1 Å². The fourth-order valence-corrected chi connectivity index (χ4v) is 2.38. The summed E-state index contributed by atoms with van der Waals surface area (Å²) in [6.45, 7) is 0. The van der Waals surface area contributed by atoms with E-state index in [9.17, 15) is 24.8 Å². The molecule has 1 aromatic heterocycles. The van der Waals surface area contributed by atoms with E-state index in [2.05, 4.69) is 5.32 Å². The Kier molecular flexibility index (Phi) is 3.03. The molecule has 3 rings (SSSR count). The van der Waals surface area contributed by atoms with Gasteiger partial charge in [0.15, 0.2) is 11.4 Å². The van der Waals surface area contributed by atoms with Crippen LogP contribution in [-0.2, 0) is 10.4 Å². The molecule has 0 spiro atoms. The zero-order chi connectivity index (χ0) is 15.9. The molecule has 0 unspecified atom stereocenters. The predicted octanol–water partition coefficient (Wildman–Crippen LogP) is 1.60. The molecule has 22 heavy (non-hydrogen) atoms. The van der Waals surface area contributed by atoms with Gasteiger partial charge >= 0.3 is 0 Å². The van der Waals surface area contributed by atoms with E-state index >= 15 is 0 Å². The number of carbonyl (C=O) groups excluding carboxylic acids is 2. The van der Waals surface area contributed by atoms with Crippen molar-refractivity contribution in [1.29, 1.82) is 0 Å². The number of non-ortho nitro benzene ring substituents is 1. The highest BCUT2D eigenvalue weighted by Gasteiger charge is 2.47. The first kappa shape index (κ1) is 14.0. The van der Waals surface area contributed by atoms with Crippen molar-refractivity contribution < 1.29 is 24.0 Å². The predicted molar refractivity (Wildman–Crippen MR) is 73.3 cm³/mol. The Hall–Kier alpha value is -3.00. The average molecular weight is 302 g/mol. The van der Waals surface area contributed by atoms with Gasteiger partial charge in [0.05, 0.1) is 17.6 Å². The van der Waals surface area contributed by atoms with Gasteiger partial charge in [0, 0.05) is 23.4 Å². The third kappa shape index (κ3) is 2.06. The number of aliphatic hydroxyl groups is 1.